The summed E-state index contributed by atoms with van der Waals surface area (Å²) in [5, 5.41) is -2.09. The molecule has 0 aliphatic carbocycles. The summed E-state index contributed by atoms with van der Waals surface area (Å²) < 4.78 is 43.6. The predicted molar refractivity (Wildman–Crippen MR) is 112 cm³/mol. The van der Waals surface area contributed by atoms with E-state index in [1.54, 1.807) is 42.5 Å². The van der Waals surface area contributed by atoms with Crippen molar-refractivity contribution >= 4 is 22.1 Å². The van der Waals surface area contributed by atoms with E-state index in [4.69, 9.17) is 9.47 Å². The third kappa shape index (κ3) is 6.67. The normalized spacial score (nSPS) is 12.2. The topological polar surface area (TPSA) is 107 Å². The summed E-state index contributed by atoms with van der Waals surface area (Å²) in [6, 6.07) is 13.6. The Morgan fingerprint density at radius 1 is 0.867 bits per heavy atom. The first-order valence-electron chi connectivity index (χ1n) is 9.80. The summed E-state index contributed by atoms with van der Waals surface area (Å²) in [6.45, 7) is 3.92. The van der Waals surface area contributed by atoms with Gasteiger partial charge in [-0.2, -0.15) is 8.42 Å². The standard InChI is InChI=1S/C22H26O7S/c1-3-9-16-11-5-7-13-18(16)28-21(23)15-20(30(25,26)27)22(24)29-19-14-8-6-12-17(19)10-4-2/h5-8,11-14,20H,3-4,9-10,15H2,1-2H3,(H,25,26,27). The van der Waals surface area contributed by atoms with Gasteiger partial charge >= 0.3 is 11.9 Å². The van der Waals surface area contributed by atoms with Crippen LogP contribution in [0.1, 0.15) is 44.2 Å². The predicted octanol–water partition coefficient (Wildman–Crippen LogP) is 3.75. The Bertz CT molecular complexity index is 982. The molecule has 0 amide bonds. The summed E-state index contributed by atoms with van der Waals surface area (Å²) in [5.41, 5.74) is 1.51. The molecule has 0 radical (unpaired) electrons. The maximum atomic E-state index is 12.5. The highest BCUT2D eigenvalue weighted by Crippen LogP contribution is 2.23. The Morgan fingerprint density at radius 2 is 1.33 bits per heavy atom. The fourth-order valence-electron chi connectivity index (χ4n) is 2.96. The van der Waals surface area contributed by atoms with Crippen molar-refractivity contribution in [2.24, 2.45) is 0 Å². The summed E-state index contributed by atoms with van der Waals surface area (Å²) in [6.07, 6.45) is 2.04. The van der Waals surface area contributed by atoms with E-state index in [9.17, 15) is 22.6 Å². The Morgan fingerprint density at radius 3 is 1.80 bits per heavy atom. The van der Waals surface area contributed by atoms with Crippen LogP contribution in [0, 0.1) is 0 Å². The molecular formula is C22H26O7S. The SMILES string of the molecule is CCCc1ccccc1OC(=O)CC(C(=O)Oc1ccccc1CCC)S(=O)(=O)O. The molecule has 0 aromatic heterocycles. The van der Waals surface area contributed by atoms with Crippen LogP contribution in [-0.4, -0.2) is 30.2 Å². The number of hydrogen-bond acceptors (Lipinski definition) is 6. The number of esters is 2. The number of carbonyl (C=O) groups is 2. The van der Waals surface area contributed by atoms with Crippen LogP contribution in [0.5, 0.6) is 11.5 Å². The lowest BCUT2D eigenvalue weighted by molar-refractivity contribution is -0.140. The Labute approximate surface area is 176 Å². The fraction of sp³-hybridized carbons (Fsp3) is 0.364. The highest BCUT2D eigenvalue weighted by Gasteiger charge is 2.36. The van der Waals surface area contributed by atoms with Crippen LogP contribution < -0.4 is 9.47 Å². The minimum absolute atomic E-state index is 0.194. The number of para-hydroxylation sites is 2. The summed E-state index contributed by atoms with van der Waals surface area (Å²) in [7, 11) is -4.89. The van der Waals surface area contributed by atoms with E-state index in [1.165, 1.54) is 6.07 Å². The number of rotatable bonds is 10. The highest BCUT2D eigenvalue weighted by molar-refractivity contribution is 7.87. The van der Waals surface area contributed by atoms with Crippen molar-refractivity contribution in [1.29, 1.82) is 0 Å². The lowest BCUT2D eigenvalue weighted by atomic mass is 10.1. The molecule has 2 rings (SSSR count). The molecule has 2 aromatic rings. The molecule has 0 fully saturated rings. The van der Waals surface area contributed by atoms with Gasteiger partial charge in [-0.3, -0.25) is 14.1 Å². The third-order valence-electron chi connectivity index (χ3n) is 4.39. The van der Waals surface area contributed by atoms with Crippen LogP contribution in [0.15, 0.2) is 48.5 Å². The quantitative estimate of drug-likeness (QED) is 0.345. The second-order valence-corrected chi connectivity index (χ2v) is 8.42. The van der Waals surface area contributed by atoms with Gasteiger partial charge in [-0.1, -0.05) is 63.1 Å². The molecule has 2 aromatic carbocycles. The van der Waals surface area contributed by atoms with Gasteiger partial charge < -0.3 is 9.47 Å². The summed E-state index contributed by atoms with van der Waals surface area (Å²) in [5.74, 6) is -1.71. The van der Waals surface area contributed by atoms with E-state index in [1.807, 2.05) is 13.8 Å². The third-order valence-corrected chi connectivity index (χ3v) is 5.47. The summed E-state index contributed by atoms with van der Waals surface area (Å²) in [4.78, 5) is 24.9. The monoisotopic (exact) mass is 434 g/mol. The van der Waals surface area contributed by atoms with Crippen LogP contribution >= 0.6 is 0 Å². The van der Waals surface area contributed by atoms with Crippen LogP contribution in [0.3, 0.4) is 0 Å². The lowest BCUT2D eigenvalue weighted by Crippen LogP contribution is -2.36. The van der Waals surface area contributed by atoms with Crippen molar-refractivity contribution in [1.82, 2.24) is 0 Å². The van der Waals surface area contributed by atoms with Crippen molar-refractivity contribution in [2.75, 3.05) is 0 Å². The molecule has 30 heavy (non-hydrogen) atoms. The van der Waals surface area contributed by atoms with Crippen molar-refractivity contribution in [3.63, 3.8) is 0 Å². The average Bonchev–Trinajstić information content (AvgIpc) is 2.68. The zero-order valence-corrected chi connectivity index (χ0v) is 17.9. The van der Waals surface area contributed by atoms with Crippen LogP contribution in [0.2, 0.25) is 0 Å². The van der Waals surface area contributed by atoms with E-state index in [2.05, 4.69) is 0 Å². The second kappa shape index (κ2) is 10.9. The average molecular weight is 435 g/mol. The number of ether oxygens (including phenoxy) is 2. The van der Waals surface area contributed by atoms with Gasteiger partial charge in [0, 0.05) is 0 Å². The molecule has 1 N–H and O–H groups in total. The molecule has 1 atom stereocenters. The van der Waals surface area contributed by atoms with E-state index >= 15 is 0 Å². The van der Waals surface area contributed by atoms with Crippen LogP contribution in [0.4, 0.5) is 0 Å². The smallest absolute Gasteiger partial charge is 0.332 e. The van der Waals surface area contributed by atoms with E-state index in [0.717, 1.165) is 24.0 Å². The fourth-order valence-corrected chi connectivity index (χ4v) is 3.60. The molecule has 162 valence electrons. The molecule has 0 spiro atoms. The first-order valence-corrected chi connectivity index (χ1v) is 11.3. The number of carbonyl (C=O) groups excluding carboxylic acids is 2. The Kier molecular flexibility index (Phi) is 8.56. The van der Waals surface area contributed by atoms with Crippen molar-refractivity contribution in [2.45, 2.75) is 51.2 Å². The minimum atomic E-state index is -4.89. The summed E-state index contributed by atoms with van der Waals surface area (Å²) >= 11 is 0. The lowest BCUT2D eigenvalue weighted by Gasteiger charge is -2.15. The number of aryl methyl sites for hydroxylation is 2. The molecule has 0 heterocycles. The Hall–Kier alpha value is -2.71. The van der Waals surface area contributed by atoms with Crippen molar-refractivity contribution in [3.05, 3.63) is 59.7 Å². The number of benzene rings is 2. The molecule has 0 bridgehead atoms. The molecule has 0 saturated carbocycles. The first kappa shape index (κ1) is 23.6. The van der Waals surface area contributed by atoms with Gasteiger partial charge in [-0.25, -0.2) is 0 Å². The molecular weight excluding hydrogens is 408 g/mol. The van der Waals surface area contributed by atoms with Crippen molar-refractivity contribution in [3.8, 4) is 11.5 Å². The van der Waals surface area contributed by atoms with E-state index in [0.29, 0.717) is 18.6 Å². The Balaban J connectivity index is 2.17. The highest BCUT2D eigenvalue weighted by atomic mass is 32.2. The van der Waals surface area contributed by atoms with Crippen molar-refractivity contribution < 1.29 is 32.0 Å². The van der Waals surface area contributed by atoms with Crippen LogP contribution in [-0.2, 0) is 32.5 Å². The second-order valence-electron chi connectivity index (χ2n) is 6.82. The van der Waals surface area contributed by atoms with Gasteiger partial charge in [0.25, 0.3) is 10.1 Å². The van der Waals surface area contributed by atoms with Gasteiger partial charge in [0.15, 0.2) is 5.25 Å². The molecule has 0 saturated heterocycles. The zero-order valence-electron chi connectivity index (χ0n) is 17.0. The van der Waals surface area contributed by atoms with Gasteiger partial charge in [-0.05, 0) is 36.1 Å². The maximum Gasteiger partial charge on any atom is 0.332 e. The molecule has 7 nitrogen and oxygen atoms in total. The maximum absolute atomic E-state index is 12.5. The van der Waals surface area contributed by atoms with Gasteiger partial charge in [0.2, 0.25) is 0 Å². The first-order chi connectivity index (χ1) is 14.3. The van der Waals surface area contributed by atoms with E-state index < -0.39 is 33.7 Å². The zero-order chi connectivity index (χ0) is 22.1. The molecule has 1 unspecified atom stereocenters. The largest absolute Gasteiger partial charge is 0.426 e. The minimum Gasteiger partial charge on any atom is -0.426 e. The molecule has 0 aliphatic heterocycles. The number of hydrogen-bond donors (Lipinski definition) is 1. The van der Waals surface area contributed by atoms with Gasteiger partial charge in [-0.15, -0.1) is 0 Å². The van der Waals surface area contributed by atoms with Gasteiger partial charge in [0.1, 0.15) is 11.5 Å². The van der Waals surface area contributed by atoms with Gasteiger partial charge in [0.05, 0.1) is 6.42 Å². The molecule has 8 heteroatoms. The van der Waals surface area contributed by atoms with E-state index in [-0.39, 0.29) is 5.75 Å². The molecule has 0 aliphatic rings. The van der Waals surface area contributed by atoms with Crippen LogP contribution in [0.25, 0.3) is 0 Å².